The van der Waals surface area contributed by atoms with E-state index in [1.165, 1.54) is 0 Å². The monoisotopic (exact) mass is 129 g/mol. The van der Waals surface area contributed by atoms with Crippen molar-refractivity contribution in [2.45, 2.75) is 6.92 Å². The zero-order valence-electron chi connectivity index (χ0n) is 5.09. The lowest BCUT2D eigenvalue weighted by Gasteiger charge is -2.27. The van der Waals surface area contributed by atoms with Crippen molar-refractivity contribution in [3.05, 3.63) is 12.2 Å². The average Bonchev–Trinajstić information content (AvgIpc) is 1.60. The number of rotatable bonds is 1. The Bertz CT molecular complexity index is 150. The van der Waals surface area contributed by atoms with Crippen LogP contribution in [0.2, 0.25) is 0 Å². The molecule has 0 aliphatic carbocycles. The fraction of sp³-hybridized carbons (Fsp3) is 0.400. The topological polar surface area (TPSA) is 38.8 Å². The summed E-state index contributed by atoms with van der Waals surface area (Å²) < 4.78 is 0. The molecule has 0 aromatic heterocycles. The van der Waals surface area contributed by atoms with Crippen molar-refractivity contribution in [3.8, 4) is 0 Å². The second-order valence-electron chi connectivity index (χ2n) is 1.72. The van der Waals surface area contributed by atoms with Gasteiger partial charge in [0.05, 0.1) is 0 Å². The normalized spacial score (nSPS) is 16.8. The summed E-state index contributed by atoms with van der Waals surface area (Å²) >= 11 is 0. The molecule has 1 saturated heterocycles. The molecule has 1 aliphatic heterocycles. The van der Waals surface area contributed by atoms with Crippen LogP contribution in [0, 0.1) is 0 Å². The third-order valence-corrected chi connectivity index (χ3v) is 0.871. The van der Waals surface area contributed by atoms with E-state index in [1.807, 2.05) is 0 Å². The lowest BCUT2D eigenvalue weighted by Crippen LogP contribution is -2.41. The molecule has 1 rings (SSSR count). The van der Waals surface area contributed by atoms with Crippen LogP contribution in [0.3, 0.4) is 0 Å². The van der Waals surface area contributed by atoms with Crippen LogP contribution in [0.4, 0.5) is 0 Å². The third kappa shape index (κ3) is 1.09. The number of amides is 1. The Morgan fingerprint density at radius 2 is 2.22 bits per heavy atom. The molecule has 50 valence electrons. The van der Waals surface area contributed by atoms with Crippen LogP contribution < -0.4 is 0 Å². The van der Waals surface area contributed by atoms with E-state index in [2.05, 4.69) is 16.3 Å². The first-order valence-corrected chi connectivity index (χ1v) is 2.47. The number of hydroxylamine groups is 2. The highest BCUT2D eigenvalue weighted by atomic mass is 17.1. The fourth-order valence-corrected chi connectivity index (χ4v) is 0.379. The van der Waals surface area contributed by atoms with Gasteiger partial charge in [0.1, 0.15) is 0 Å². The number of hydrogen-bond donors (Lipinski definition) is 0. The molecule has 0 aromatic carbocycles. The molecule has 1 fully saturated rings. The molecular formula is C5H7NO3. The summed E-state index contributed by atoms with van der Waals surface area (Å²) in [6.07, 6.45) is 0. The van der Waals surface area contributed by atoms with E-state index in [1.54, 1.807) is 6.92 Å². The van der Waals surface area contributed by atoms with Crippen LogP contribution >= 0.6 is 0 Å². The predicted octanol–water partition coefficient (Wildman–Crippen LogP) is 0.225. The summed E-state index contributed by atoms with van der Waals surface area (Å²) in [4.78, 5) is 19.8. The zero-order valence-corrected chi connectivity index (χ0v) is 5.09. The molecule has 1 aliphatic rings. The molecule has 1 amide bonds. The summed E-state index contributed by atoms with van der Waals surface area (Å²) in [6, 6.07) is 0. The summed E-state index contributed by atoms with van der Waals surface area (Å²) in [6.45, 7) is 5.15. The van der Waals surface area contributed by atoms with Crippen LogP contribution in [0.15, 0.2) is 12.2 Å². The number of carbonyl (C=O) groups is 1. The van der Waals surface area contributed by atoms with Gasteiger partial charge >= 0.3 is 0 Å². The van der Waals surface area contributed by atoms with Gasteiger partial charge in [-0.2, -0.15) is 0 Å². The van der Waals surface area contributed by atoms with Crippen LogP contribution in [0.5, 0.6) is 0 Å². The van der Waals surface area contributed by atoms with Gasteiger partial charge in [0.2, 0.25) is 6.79 Å². The Labute approximate surface area is 52.6 Å². The van der Waals surface area contributed by atoms with Crippen LogP contribution in [0.25, 0.3) is 0 Å². The largest absolute Gasteiger partial charge is 0.299 e. The molecule has 9 heavy (non-hydrogen) atoms. The molecule has 4 nitrogen and oxygen atoms in total. The van der Waals surface area contributed by atoms with Crippen molar-refractivity contribution in [3.63, 3.8) is 0 Å². The lowest BCUT2D eigenvalue weighted by atomic mass is 10.3. The van der Waals surface area contributed by atoms with E-state index in [0.29, 0.717) is 5.57 Å². The number of carbonyl (C=O) groups excluding carboxylic acids is 1. The third-order valence-electron chi connectivity index (χ3n) is 0.871. The van der Waals surface area contributed by atoms with Crippen molar-refractivity contribution >= 4 is 5.91 Å². The van der Waals surface area contributed by atoms with Gasteiger partial charge in [0.15, 0.2) is 0 Å². The van der Waals surface area contributed by atoms with Gasteiger partial charge in [-0.05, 0) is 6.92 Å². The Hall–Kier alpha value is -0.870. The minimum Gasteiger partial charge on any atom is -0.265 e. The molecule has 0 spiro atoms. The summed E-state index contributed by atoms with van der Waals surface area (Å²) in [7, 11) is 0. The van der Waals surface area contributed by atoms with Gasteiger partial charge < -0.3 is 0 Å². The minimum atomic E-state index is -0.332. The first kappa shape index (κ1) is 6.25. The molecule has 4 heteroatoms. The Balaban J connectivity index is 2.42. The Morgan fingerprint density at radius 3 is 2.33 bits per heavy atom. The van der Waals surface area contributed by atoms with E-state index in [-0.39, 0.29) is 12.7 Å². The van der Waals surface area contributed by atoms with Crippen molar-refractivity contribution in [1.29, 1.82) is 0 Å². The Kier molecular flexibility index (Phi) is 1.50. The predicted molar refractivity (Wildman–Crippen MR) is 28.7 cm³/mol. The highest BCUT2D eigenvalue weighted by molar-refractivity contribution is 5.90. The molecule has 0 N–H and O–H groups in total. The van der Waals surface area contributed by atoms with Gasteiger partial charge in [-0.3, -0.25) is 4.79 Å². The molecule has 0 unspecified atom stereocenters. The SMILES string of the molecule is C=C(C)C(=O)N1OCO1. The molecular weight excluding hydrogens is 122 g/mol. The van der Waals surface area contributed by atoms with Gasteiger partial charge in [0, 0.05) is 5.57 Å². The van der Waals surface area contributed by atoms with Gasteiger partial charge in [-0.1, -0.05) is 11.8 Å². The van der Waals surface area contributed by atoms with Gasteiger partial charge in [0.25, 0.3) is 5.91 Å². The second kappa shape index (κ2) is 2.16. The maximum Gasteiger partial charge on any atom is 0.299 e. The van der Waals surface area contributed by atoms with Crippen LogP contribution in [-0.2, 0) is 14.5 Å². The molecule has 0 radical (unpaired) electrons. The van der Waals surface area contributed by atoms with E-state index in [4.69, 9.17) is 0 Å². The second-order valence-corrected chi connectivity index (χ2v) is 1.72. The smallest absolute Gasteiger partial charge is 0.265 e. The van der Waals surface area contributed by atoms with Crippen LogP contribution in [-0.4, -0.2) is 17.9 Å². The van der Waals surface area contributed by atoms with E-state index in [0.717, 1.165) is 5.23 Å². The standard InChI is InChI=1S/C5H7NO3/c1-4(2)5(7)6-8-3-9-6/h1,3H2,2H3. The average molecular weight is 129 g/mol. The van der Waals surface area contributed by atoms with Crippen molar-refractivity contribution < 1.29 is 14.5 Å². The molecule has 1 heterocycles. The van der Waals surface area contributed by atoms with E-state index < -0.39 is 0 Å². The lowest BCUT2D eigenvalue weighted by molar-refractivity contribution is -0.488. The molecule has 0 atom stereocenters. The van der Waals surface area contributed by atoms with E-state index >= 15 is 0 Å². The van der Waals surface area contributed by atoms with Gasteiger partial charge in [-0.25, -0.2) is 9.68 Å². The highest BCUT2D eigenvalue weighted by Crippen LogP contribution is 2.08. The molecule has 0 aromatic rings. The maximum absolute atomic E-state index is 10.7. The first-order valence-electron chi connectivity index (χ1n) is 2.47. The Morgan fingerprint density at radius 1 is 1.67 bits per heavy atom. The molecule has 0 bridgehead atoms. The van der Waals surface area contributed by atoms with Crippen molar-refractivity contribution in [1.82, 2.24) is 5.23 Å². The number of hydrogen-bond acceptors (Lipinski definition) is 3. The van der Waals surface area contributed by atoms with Gasteiger partial charge in [-0.15, -0.1) is 0 Å². The summed E-state index contributed by atoms with van der Waals surface area (Å²) in [5.41, 5.74) is 0.398. The van der Waals surface area contributed by atoms with Crippen molar-refractivity contribution in [2.24, 2.45) is 0 Å². The zero-order chi connectivity index (χ0) is 6.85. The summed E-state index contributed by atoms with van der Waals surface area (Å²) in [5, 5.41) is 0.808. The van der Waals surface area contributed by atoms with Crippen LogP contribution in [0.1, 0.15) is 6.92 Å². The highest BCUT2D eigenvalue weighted by Gasteiger charge is 2.23. The number of nitrogens with zero attached hydrogens (tertiary/aromatic N) is 1. The maximum atomic E-state index is 10.7. The first-order chi connectivity index (χ1) is 4.22. The fourth-order valence-electron chi connectivity index (χ4n) is 0.379. The quantitative estimate of drug-likeness (QED) is 0.475. The van der Waals surface area contributed by atoms with Crippen molar-refractivity contribution in [2.75, 3.05) is 6.79 Å². The summed E-state index contributed by atoms with van der Waals surface area (Å²) in [5.74, 6) is -0.332. The minimum absolute atomic E-state index is 0.152. The molecule has 0 saturated carbocycles. The van der Waals surface area contributed by atoms with E-state index in [9.17, 15) is 4.79 Å².